The Balaban J connectivity index is 2.06. The second-order valence-electron chi connectivity index (χ2n) is 4.67. The van der Waals surface area contributed by atoms with E-state index in [1.165, 1.54) is 4.31 Å². The normalized spacial score (nSPS) is 35.1. The molecule has 2 heterocycles. The molecule has 2 saturated heterocycles. The monoisotopic (exact) mass is 233 g/mol. The highest BCUT2D eigenvalue weighted by Gasteiger charge is 2.37. The Bertz CT molecular complexity index is 304. The van der Waals surface area contributed by atoms with Crippen LogP contribution in [0.2, 0.25) is 0 Å². The lowest BCUT2D eigenvalue weighted by atomic mass is 10.2. The number of rotatable bonds is 2. The predicted molar refractivity (Wildman–Crippen MR) is 58.4 cm³/mol. The van der Waals surface area contributed by atoms with Crippen molar-refractivity contribution in [1.29, 1.82) is 0 Å². The average Bonchev–Trinajstić information content (AvgIpc) is 2.74. The first kappa shape index (κ1) is 11.3. The third-order valence-corrected chi connectivity index (χ3v) is 5.20. The summed E-state index contributed by atoms with van der Waals surface area (Å²) in [6.45, 7) is 4.47. The second-order valence-corrected chi connectivity index (χ2v) is 6.59. The van der Waals surface area contributed by atoms with Crippen molar-refractivity contribution in [2.45, 2.75) is 25.8 Å². The number of nitrogens with zero attached hydrogens (tertiary/aromatic N) is 2. The van der Waals surface area contributed by atoms with E-state index in [1.807, 2.05) is 0 Å². The number of hydrogen-bond acceptors (Lipinski definition) is 3. The summed E-state index contributed by atoms with van der Waals surface area (Å²) < 4.78 is 27.4. The zero-order valence-electron chi connectivity index (χ0n) is 9.09. The van der Waals surface area contributed by atoms with E-state index in [4.69, 9.17) is 5.73 Å². The van der Waals surface area contributed by atoms with Gasteiger partial charge < -0.3 is 5.73 Å². The van der Waals surface area contributed by atoms with Crippen LogP contribution in [0.15, 0.2) is 0 Å². The molecule has 0 aromatic heterocycles. The molecular formula is C9H19N3O2S. The van der Waals surface area contributed by atoms with Crippen LogP contribution in [0.25, 0.3) is 0 Å². The lowest BCUT2D eigenvalue weighted by Gasteiger charge is -2.23. The van der Waals surface area contributed by atoms with Crippen LogP contribution in [0.4, 0.5) is 0 Å². The minimum Gasteiger partial charge on any atom is -0.326 e. The highest BCUT2D eigenvalue weighted by atomic mass is 32.2. The minimum absolute atomic E-state index is 0.0137. The van der Waals surface area contributed by atoms with Crippen LogP contribution in [-0.2, 0) is 10.2 Å². The summed E-state index contributed by atoms with van der Waals surface area (Å²) in [5.74, 6) is 0.482. The van der Waals surface area contributed by atoms with E-state index >= 15 is 0 Å². The molecule has 0 saturated carbocycles. The fourth-order valence-corrected chi connectivity index (χ4v) is 4.05. The molecule has 2 fully saturated rings. The first-order valence-electron chi connectivity index (χ1n) is 5.51. The van der Waals surface area contributed by atoms with Gasteiger partial charge in [-0.3, -0.25) is 0 Å². The van der Waals surface area contributed by atoms with Gasteiger partial charge in [-0.25, -0.2) is 0 Å². The summed E-state index contributed by atoms with van der Waals surface area (Å²) in [6.07, 6.45) is 1.75. The van der Waals surface area contributed by atoms with Crippen LogP contribution in [0, 0.1) is 5.92 Å². The number of nitrogens with two attached hydrogens (primary N) is 1. The molecule has 0 bridgehead atoms. The van der Waals surface area contributed by atoms with Crippen LogP contribution in [-0.4, -0.2) is 49.2 Å². The molecule has 0 aliphatic carbocycles. The van der Waals surface area contributed by atoms with Gasteiger partial charge in [0.1, 0.15) is 0 Å². The molecule has 2 aliphatic heterocycles. The van der Waals surface area contributed by atoms with Gasteiger partial charge in [-0.1, -0.05) is 6.92 Å². The third kappa shape index (κ3) is 2.18. The predicted octanol–water partition coefficient (Wildman–Crippen LogP) is -0.394. The van der Waals surface area contributed by atoms with E-state index in [-0.39, 0.29) is 6.04 Å². The highest BCUT2D eigenvalue weighted by Crippen LogP contribution is 2.23. The van der Waals surface area contributed by atoms with Crippen molar-refractivity contribution in [3.63, 3.8) is 0 Å². The first-order valence-corrected chi connectivity index (χ1v) is 6.90. The molecule has 0 spiro atoms. The minimum atomic E-state index is -3.22. The zero-order valence-corrected chi connectivity index (χ0v) is 9.91. The van der Waals surface area contributed by atoms with Gasteiger partial charge in [0.25, 0.3) is 10.2 Å². The fourth-order valence-electron chi connectivity index (χ4n) is 2.23. The van der Waals surface area contributed by atoms with Crippen molar-refractivity contribution < 1.29 is 8.42 Å². The Morgan fingerprint density at radius 3 is 2.20 bits per heavy atom. The maximum absolute atomic E-state index is 12.1. The van der Waals surface area contributed by atoms with Gasteiger partial charge in [-0.15, -0.1) is 0 Å². The summed E-state index contributed by atoms with van der Waals surface area (Å²) >= 11 is 0. The van der Waals surface area contributed by atoms with Gasteiger partial charge in [-0.2, -0.15) is 17.0 Å². The van der Waals surface area contributed by atoms with Crippen LogP contribution >= 0.6 is 0 Å². The van der Waals surface area contributed by atoms with E-state index in [1.54, 1.807) is 4.31 Å². The molecule has 0 aromatic rings. The molecule has 1 unspecified atom stereocenters. The van der Waals surface area contributed by atoms with Gasteiger partial charge in [0.05, 0.1) is 0 Å². The largest absolute Gasteiger partial charge is 0.326 e. The van der Waals surface area contributed by atoms with Gasteiger partial charge in [0.15, 0.2) is 0 Å². The summed E-state index contributed by atoms with van der Waals surface area (Å²) in [7, 11) is -3.22. The molecule has 2 atom stereocenters. The van der Waals surface area contributed by atoms with Crippen LogP contribution in [0.1, 0.15) is 19.8 Å². The standard InChI is InChI=1S/C9H19N3O2S/c1-8-2-4-11(6-8)15(13,14)12-5-3-9(10)7-12/h8-9H,2-7,10H2,1H3/t8?,9-/m0/s1. The molecule has 15 heavy (non-hydrogen) atoms. The van der Waals surface area contributed by atoms with Crippen molar-refractivity contribution in [3.8, 4) is 0 Å². The summed E-state index contributed by atoms with van der Waals surface area (Å²) in [4.78, 5) is 0. The quantitative estimate of drug-likeness (QED) is 0.706. The molecule has 2 rings (SSSR count). The average molecular weight is 233 g/mol. The second kappa shape index (κ2) is 4.01. The van der Waals surface area contributed by atoms with Gasteiger partial charge in [0.2, 0.25) is 0 Å². The van der Waals surface area contributed by atoms with Crippen LogP contribution in [0.3, 0.4) is 0 Å². The Kier molecular flexibility index (Phi) is 3.03. The van der Waals surface area contributed by atoms with Gasteiger partial charge in [-0.05, 0) is 18.8 Å². The van der Waals surface area contributed by atoms with E-state index in [2.05, 4.69) is 6.92 Å². The molecule has 0 amide bonds. The zero-order chi connectivity index (χ0) is 11.1. The molecule has 0 radical (unpaired) electrons. The van der Waals surface area contributed by atoms with E-state index in [9.17, 15) is 8.42 Å². The fraction of sp³-hybridized carbons (Fsp3) is 1.00. The number of hydrogen-bond donors (Lipinski definition) is 1. The van der Waals surface area contributed by atoms with Crippen LogP contribution in [0.5, 0.6) is 0 Å². The lowest BCUT2D eigenvalue weighted by Crippen LogP contribution is -2.42. The van der Waals surface area contributed by atoms with Gasteiger partial charge in [0, 0.05) is 32.2 Å². The molecule has 6 heteroatoms. The summed E-state index contributed by atoms with van der Waals surface area (Å²) in [5, 5.41) is 0. The molecule has 5 nitrogen and oxygen atoms in total. The van der Waals surface area contributed by atoms with Crippen LogP contribution < -0.4 is 5.73 Å². The summed E-state index contributed by atoms with van der Waals surface area (Å²) in [6, 6.07) is 0.0137. The van der Waals surface area contributed by atoms with Crippen molar-refractivity contribution >= 4 is 10.2 Å². The Hall–Kier alpha value is -0.170. The first-order chi connectivity index (χ1) is 7.00. The van der Waals surface area contributed by atoms with E-state index in [0.717, 1.165) is 12.8 Å². The molecule has 2 aliphatic rings. The summed E-state index contributed by atoms with van der Waals surface area (Å²) in [5.41, 5.74) is 5.72. The maximum atomic E-state index is 12.1. The molecular weight excluding hydrogens is 214 g/mol. The van der Waals surface area contributed by atoms with E-state index < -0.39 is 10.2 Å². The Morgan fingerprint density at radius 2 is 1.73 bits per heavy atom. The maximum Gasteiger partial charge on any atom is 0.282 e. The lowest BCUT2D eigenvalue weighted by molar-refractivity contribution is 0.389. The highest BCUT2D eigenvalue weighted by molar-refractivity contribution is 7.86. The molecule has 88 valence electrons. The molecule has 2 N–H and O–H groups in total. The van der Waals surface area contributed by atoms with Crippen molar-refractivity contribution in [3.05, 3.63) is 0 Å². The third-order valence-electron chi connectivity index (χ3n) is 3.23. The Labute approximate surface area is 91.4 Å². The van der Waals surface area contributed by atoms with Crippen molar-refractivity contribution in [2.75, 3.05) is 26.2 Å². The van der Waals surface area contributed by atoms with E-state index in [0.29, 0.717) is 32.1 Å². The van der Waals surface area contributed by atoms with Gasteiger partial charge >= 0.3 is 0 Å². The Morgan fingerprint density at radius 1 is 1.13 bits per heavy atom. The van der Waals surface area contributed by atoms with Crippen molar-refractivity contribution in [1.82, 2.24) is 8.61 Å². The topological polar surface area (TPSA) is 66.6 Å². The molecule has 0 aromatic carbocycles. The smallest absolute Gasteiger partial charge is 0.282 e. The van der Waals surface area contributed by atoms with Crippen molar-refractivity contribution in [2.24, 2.45) is 11.7 Å². The SMILES string of the molecule is CC1CCN(S(=O)(=O)N2CC[C@H](N)C2)C1.